The first-order valence-electron chi connectivity index (χ1n) is 4.87. The zero-order valence-electron chi connectivity index (χ0n) is 8.84. The van der Waals surface area contributed by atoms with Crippen LogP contribution >= 0.6 is 0 Å². The summed E-state index contributed by atoms with van der Waals surface area (Å²) in [5.41, 5.74) is -0.0295. The summed E-state index contributed by atoms with van der Waals surface area (Å²) in [6, 6.07) is 7.59. The van der Waals surface area contributed by atoms with Gasteiger partial charge in [0.1, 0.15) is 5.78 Å². The Hall–Kier alpha value is -1.25. The first-order chi connectivity index (χ1) is 6.93. The highest BCUT2D eigenvalue weighted by atomic mass is 19.3. The number of rotatable bonds is 4. The third kappa shape index (κ3) is 3.11. The Balaban J connectivity index is 2.80. The van der Waals surface area contributed by atoms with Crippen molar-refractivity contribution in [3.05, 3.63) is 35.9 Å². The van der Waals surface area contributed by atoms with Crippen molar-refractivity contribution in [1.82, 2.24) is 0 Å². The molecule has 0 aliphatic rings. The number of Topliss-reactive ketones (excluding diaryl/α,β-unsaturated/α-hetero) is 1. The van der Waals surface area contributed by atoms with Crippen LogP contribution in [0, 0.1) is 5.92 Å². The molecule has 1 nitrogen and oxygen atoms in total. The predicted molar refractivity (Wildman–Crippen MR) is 54.8 cm³/mol. The van der Waals surface area contributed by atoms with Crippen molar-refractivity contribution in [2.45, 2.75) is 26.2 Å². The maximum Gasteiger partial charge on any atom is 0.273 e. The van der Waals surface area contributed by atoms with Gasteiger partial charge in [-0.3, -0.25) is 4.79 Å². The van der Waals surface area contributed by atoms with Crippen molar-refractivity contribution in [2.24, 2.45) is 5.92 Å². The smallest absolute Gasteiger partial charge is 0.273 e. The average Bonchev–Trinajstić information content (AvgIpc) is 2.18. The third-order valence-electron chi connectivity index (χ3n) is 2.45. The second-order valence-electron chi connectivity index (χ2n) is 3.79. The Morgan fingerprint density at radius 3 is 2.33 bits per heavy atom. The Labute approximate surface area is 88.1 Å². The van der Waals surface area contributed by atoms with Crippen LogP contribution in [0.1, 0.15) is 25.8 Å². The zero-order valence-corrected chi connectivity index (χ0v) is 8.84. The van der Waals surface area contributed by atoms with Gasteiger partial charge >= 0.3 is 0 Å². The van der Waals surface area contributed by atoms with Crippen LogP contribution in [-0.2, 0) is 10.7 Å². The van der Waals surface area contributed by atoms with E-state index in [4.69, 9.17) is 0 Å². The lowest BCUT2D eigenvalue weighted by Gasteiger charge is -2.19. The van der Waals surface area contributed by atoms with E-state index in [1.807, 2.05) is 0 Å². The largest absolute Gasteiger partial charge is 0.300 e. The topological polar surface area (TPSA) is 17.1 Å². The highest BCUT2D eigenvalue weighted by Gasteiger charge is 2.34. The SMILES string of the molecule is CC(=O)C(C)CC(F)(F)c1ccccc1. The molecule has 1 unspecified atom stereocenters. The third-order valence-corrected chi connectivity index (χ3v) is 2.45. The zero-order chi connectivity index (χ0) is 11.5. The molecule has 0 aliphatic heterocycles. The maximum absolute atomic E-state index is 13.6. The summed E-state index contributed by atoms with van der Waals surface area (Å²) in [4.78, 5) is 10.9. The quantitative estimate of drug-likeness (QED) is 0.747. The van der Waals surface area contributed by atoms with Crippen molar-refractivity contribution in [3.8, 4) is 0 Å². The van der Waals surface area contributed by atoms with E-state index in [1.165, 1.54) is 26.0 Å². The minimum absolute atomic E-state index is 0.0295. The van der Waals surface area contributed by atoms with Gasteiger partial charge in [-0.15, -0.1) is 0 Å². The van der Waals surface area contributed by atoms with Gasteiger partial charge in [0.15, 0.2) is 0 Å². The van der Waals surface area contributed by atoms with Crippen LogP contribution in [0.5, 0.6) is 0 Å². The second-order valence-corrected chi connectivity index (χ2v) is 3.79. The van der Waals surface area contributed by atoms with Crippen LogP contribution < -0.4 is 0 Å². The molecule has 0 amide bonds. The highest BCUT2D eigenvalue weighted by Crippen LogP contribution is 2.34. The molecule has 1 atom stereocenters. The van der Waals surface area contributed by atoms with E-state index >= 15 is 0 Å². The van der Waals surface area contributed by atoms with Gasteiger partial charge in [-0.05, 0) is 6.92 Å². The molecule has 0 aromatic heterocycles. The van der Waals surface area contributed by atoms with Crippen LogP contribution in [0.4, 0.5) is 8.78 Å². The first-order valence-corrected chi connectivity index (χ1v) is 4.87. The van der Waals surface area contributed by atoms with E-state index in [0.29, 0.717) is 0 Å². The Morgan fingerprint density at radius 2 is 1.87 bits per heavy atom. The second kappa shape index (κ2) is 4.51. The van der Waals surface area contributed by atoms with Gasteiger partial charge in [-0.2, -0.15) is 0 Å². The van der Waals surface area contributed by atoms with Crippen molar-refractivity contribution < 1.29 is 13.6 Å². The molecule has 0 radical (unpaired) electrons. The van der Waals surface area contributed by atoms with Crippen LogP contribution in [-0.4, -0.2) is 5.78 Å². The first kappa shape index (κ1) is 11.8. The monoisotopic (exact) mass is 212 g/mol. The normalized spacial score (nSPS) is 13.6. The Kier molecular flexibility index (Phi) is 3.56. The molecule has 0 saturated heterocycles. The van der Waals surface area contributed by atoms with Gasteiger partial charge in [0.05, 0.1) is 0 Å². The van der Waals surface area contributed by atoms with Gasteiger partial charge in [0.25, 0.3) is 5.92 Å². The highest BCUT2D eigenvalue weighted by molar-refractivity contribution is 5.77. The van der Waals surface area contributed by atoms with Crippen molar-refractivity contribution in [3.63, 3.8) is 0 Å². The maximum atomic E-state index is 13.6. The Bertz CT molecular complexity index is 333. The summed E-state index contributed by atoms with van der Waals surface area (Å²) in [6.07, 6.45) is -0.424. The number of hydrogen-bond donors (Lipinski definition) is 0. The molecule has 15 heavy (non-hydrogen) atoms. The van der Waals surface area contributed by atoms with Gasteiger partial charge < -0.3 is 0 Å². The molecule has 3 heteroatoms. The standard InChI is InChI=1S/C12H14F2O/c1-9(10(2)15)8-12(13,14)11-6-4-3-5-7-11/h3-7,9H,8H2,1-2H3. The van der Waals surface area contributed by atoms with E-state index in [0.717, 1.165) is 0 Å². The molecule has 1 rings (SSSR count). The van der Waals surface area contributed by atoms with Crippen LogP contribution in [0.25, 0.3) is 0 Å². The summed E-state index contributed by atoms with van der Waals surface area (Å²) in [6.45, 7) is 2.87. The fourth-order valence-corrected chi connectivity index (χ4v) is 1.33. The molecule has 0 saturated carbocycles. The fraction of sp³-hybridized carbons (Fsp3) is 0.417. The van der Waals surface area contributed by atoms with Crippen LogP contribution in [0.3, 0.4) is 0 Å². The van der Waals surface area contributed by atoms with Gasteiger partial charge in [0, 0.05) is 17.9 Å². The van der Waals surface area contributed by atoms with Crippen molar-refractivity contribution in [2.75, 3.05) is 0 Å². The summed E-state index contributed by atoms with van der Waals surface area (Å²) in [5.74, 6) is -3.74. The average molecular weight is 212 g/mol. The number of carbonyl (C=O) groups excluding carboxylic acids is 1. The number of carbonyl (C=O) groups is 1. The molecule has 0 aliphatic carbocycles. The molecule has 0 N–H and O–H groups in total. The number of alkyl halides is 2. The summed E-state index contributed by atoms with van der Waals surface area (Å²) in [5, 5.41) is 0. The molecule has 1 aromatic carbocycles. The van der Waals surface area contributed by atoms with E-state index in [9.17, 15) is 13.6 Å². The summed E-state index contributed by atoms with van der Waals surface area (Å²) >= 11 is 0. The number of benzene rings is 1. The van der Waals surface area contributed by atoms with E-state index in [2.05, 4.69) is 0 Å². The van der Waals surface area contributed by atoms with E-state index in [1.54, 1.807) is 18.2 Å². The summed E-state index contributed by atoms with van der Waals surface area (Å²) < 4.78 is 27.2. The molecule has 0 heterocycles. The van der Waals surface area contributed by atoms with Crippen LogP contribution in [0.15, 0.2) is 30.3 Å². The summed E-state index contributed by atoms with van der Waals surface area (Å²) in [7, 11) is 0. The molecule has 1 aromatic rings. The molecular formula is C12H14F2O. The molecule has 0 spiro atoms. The number of halogens is 2. The van der Waals surface area contributed by atoms with Crippen LogP contribution in [0.2, 0.25) is 0 Å². The number of ketones is 1. The Morgan fingerprint density at radius 1 is 1.33 bits per heavy atom. The van der Waals surface area contributed by atoms with Gasteiger partial charge in [-0.25, -0.2) is 8.78 Å². The molecule has 82 valence electrons. The minimum atomic E-state index is -2.92. The molecule has 0 fully saturated rings. The molecular weight excluding hydrogens is 198 g/mol. The lowest BCUT2D eigenvalue weighted by Crippen LogP contribution is -2.20. The van der Waals surface area contributed by atoms with E-state index in [-0.39, 0.29) is 11.3 Å². The van der Waals surface area contributed by atoms with Crippen molar-refractivity contribution >= 4 is 5.78 Å². The molecule has 0 bridgehead atoms. The van der Waals surface area contributed by atoms with Gasteiger partial charge in [-0.1, -0.05) is 37.3 Å². The number of hydrogen-bond acceptors (Lipinski definition) is 1. The lowest BCUT2D eigenvalue weighted by molar-refractivity contribution is -0.124. The van der Waals surface area contributed by atoms with Crippen molar-refractivity contribution in [1.29, 1.82) is 0 Å². The van der Waals surface area contributed by atoms with E-state index < -0.39 is 18.3 Å². The lowest BCUT2D eigenvalue weighted by atomic mass is 9.95. The fourth-order valence-electron chi connectivity index (χ4n) is 1.33. The van der Waals surface area contributed by atoms with Gasteiger partial charge in [0.2, 0.25) is 0 Å². The predicted octanol–water partition coefficient (Wildman–Crippen LogP) is 3.39. The minimum Gasteiger partial charge on any atom is -0.300 e.